The largest absolute Gasteiger partial charge is 2.00 e. The number of benzene rings is 2. The summed E-state index contributed by atoms with van der Waals surface area (Å²) in [6, 6.07) is 20.5. The van der Waals surface area contributed by atoms with Gasteiger partial charge in [-0.3, -0.25) is 9.59 Å². The molecular weight excluding hydrogens is 946 g/mol. The molecule has 11 heteroatoms. The van der Waals surface area contributed by atoms with Crippen LogP contribution in [0.4, 0.5) is 0 Å². The monoisotopic (exact) mass is 1030 g/mol. The van der Waals surface area contributed by atoms with Gasteiger partial charge < -0.3 is 38.7 Å². The van der Waals surface area contributed by atoms with E-state index in [0.29, 0.717) is 38.9 Å². The molecule has 0 aliphatic heterocycles. The summed E-state index contributed by atoms with van der Waals surface area (Å²) in [7, 11) is 0. The van der Waals surface area contributed by atoms with Gasteiger partial charge >= 0.3 is 60.8 Å². The molecule has 0 heterocycles. The topological polar surface area (TPSA) is 151 Å². The van der Waals surface area contributed by atoms with Gasteiger partial charge in [0.15, 0.2) is 0 Å². The van der Waals surface area contributed by atoms with Crippen molar-refractivity contribution in [2.45, 2.75) is 245 Å². The number of rotatable bonds is 40. The molecule has 65 heavy (non-hydrogen) atoms. The summed E-state index contributed by atoms with van der Waals surface area (Å²) in [6.45, 7) is 8.58. The zero-order valence-corrected chi connectivity index (χ0v) is 45.5. The van der Waals surface area contributed by atoms with E-state index in [1.165, 1.54) is 102 Å². The molecule has 0 fully saturated rings. The smallest absolute Gasteiger partial charge is 0.550 e. The Balaban J connectivity index is 0.00000124. The molecule has 4 atom stereocenters. The van der Waals surface area contributed by atoms with E-state index < -0.39 is 11.9 Å². The molecule has 10 nitrogen and oxygen atoms in total. The molecule has 0 radical (unpaired) electrons. The summed E-state index contributed by atoms with van der Waals surface area (Å²) in [5, 5.41) is 21.2. The SMILES string of the molecule is CCCCCCCCC(CCCC(CCCCC(=O)[O-])OC(C)=O)OCc1ccccc1.CCCCCCCCC(CCCC(CCCCC(=O)[O-])OC(C)=O)OCc1ccccc1.[Ba+2]. The Morgan fingerprint density at radius 3 is 1.05 bits per heavy atom. The van der Waals surface area contributed by atoms with Crippen LogP contribution in [0.3, 0.4) is 0 Å². The van der Waals surface area contributed by atoms with Crippen LogP contribution in [0.15, 0.2) is 60.7 Å². The van der Waals surface area contributed by atoms with Crippen LogP contribution < -0.4 is 10.2 Å². The van der Waals surface area contributed by atoms with Gasteiger partial charge in [-0.2, -0.15) is 0 Å². The van der Waals surface area contributed by atoms with E-state index in [1.807, 2.05) is 36.4 Å². The van der Waals surface area contributed by atoms with E-state index in [2.05, 4.69) is 38.1 Å². The van der Waals surface area contributed by atoms with Crippen molar-refractivity contribution in [1.29, 1.82) is 0 Å². The Bertz CT molecular complexity index is 1320. The van der Waals surface area contributed by atoms with Gasteiger partial charge in [-0.15, -0.1) is 0 Å². The molecule has 0 saturated carbocycles. The summed E-state index contributed by atoms with van der Waals surface area (Å²) in [5.41, 5.74) is 2.37. The average molecular weight is 1030 g/mol. The van der Waals surface area contributed by atoms with E-state index in [9.17, 15) is 29.4 Å². The Morgan fingerprint density at radius 2 is 0.708 bits per heavy atom. The molecule has 4 unspecified atom stereocenters. The molecule has 364 valence electrons. The number of carbonyl (C=O) groups is 4. The first-order valence-corrected chi connectivity index (χ1v) is 25.1. The first-order valence-electron chi connectivity index (χ1n) is 25.1. The zero-order chi connectivity index (χ0) is 46.9. The number of carboxylic acids is 2. The molecule has 2 aromatic rings. The van der Waals surface area contributed by atoms with Crippen molar-refractivity contribution < 1.29 is 48.3 Å². The van der Waals surface area contributed by atoms with Crippen molar-refractivity contribution in [2.75, 3.05) is 0 Å². The van der Waals surface area contributed by atoms with E-state index in [-0.39, 0.29) is 98.1 Å². The molecule has 0 aliphatic carbocycles. The summed E-state index contributed by atoms with van der Waals surface area (Å²) >= 11 is 0. The van der Waals surface area contributed by atoms with Crippen LogP contribution in [0, 0.1) is 0 Å². The molecule has 0 spiro atoms. The summed E-state index contributed by atoms with van der Waals surface area (Å²) in [6.07, 6.45) is 26.8. The predicted octanol–water partition coefficient (Wildman–Crippen LogP) is 11.1. The number of unbranched alkanes of at least 4 members (excludes halogenated alkanes) is 12. The first-order chi connectivity index (χ1) is 31.0. The Kier molecular flexibility index (Phi) is 42.8. The van der Waals surface area contributed by atoms with E-state index in [0.717, 1.165) is 64.2 Å². The summed E-state index contributed by atoms with van der Waals surface area (Å²) in [4.78, 5) is 44.1. The number of ether oxygens (including phenoxy) is 4. The van der Waals surface area contributed by atoms with Crippen molar-refractivity contribution in [3.8, 4) is 0 Å². The van der Waals surface area contributed by atoms with Gasteiger partial charge in [0.1, 0.15) is 12.2 Å². The summed E-state index contributed by atoms with van der Waals surface area (Å²) < 4.78 is 23.5. The summed E-state index contributed by atoms with van der Waals surface area (Å²) in [5.74, 6) is -2.61. The molecule has 0 aromatic heterocycles. The molecule has 0 bridgehead atoms. The minimum Gasteiger partial charge on any atom is -0.550 e. The standard InChI is InChI=1S/2C27H44O5.Ba/c2*1-3-4-5-6-7-11-17-25(31-22-24-15-9-8-10-16-24)19-14-20-26(32-23(2)28)18-12-13-21-27(29)30;/h2*8-10,15-16,25-26H,3-7,11-14,17-22H2,1-2H3,(H,29,30);/q;;+2/p-2. The van der Waals surface area contributed by atoms with Crippen molar-refractivity contribution >= 4 is 72.8 Å². The second-order valence-corrected chi connectivity index (χ2v) is 17.5. The second-order valence-electron chi connectivity index (χ2n) is 17.5. The Hall–Kier alpha value is -2.19. The number of carboxylic acid groups (broad SMARTS) is 2. The van der Waals surface area contributed by atoms with Gasteiger partial charge in [0.25, 0.3) is 0 Å². The molecule has 0 amide bonds. The Morgan fingerprint density at radius 1 is 0.415 bits per heavy atom. The fraction of sp³-hybridized carbons (Fsp3) is 0.704. The molecule has 0 aliphatic rings. The zero-order valence-electron chi connectivity index (χ0n) is 41.1. The minimum absolute atomic E-state index is 0. The van der Waals surface area contributed by atoms with Crippen LogP contribution >= 0.6 is 0 Å². The van der Waals surface area contributed by atoms with E-state index >= 15 is 0 Å². The average Bonchev–Trinajstić information content (AvgIpc) is 3.27. The van der Waals surface area contributed by atoms with Gasteiger partial charge in [0, 0.05) is 25.8 Å². The molecule has 2 rings (SSSR count). The number of hydrogen-bond acceptors (Lipinski definition) is 10. The maximum Gasteiger partial charge on any atom is 2.00 e. The Labute approximate surface area is 434 Å². The fourth-order valence-electron chi connectivity index (χ4n) is 7.93. The van der Waals surface area contributed by atoms with Crippen LogP contribution in [-0.2, 0) is 51.3 Å². The second kappa shape index (κ2) is 44.3. The van der Waals surface area contributed by atoms with Crippen LogP contribution in [0.1, 0.15) is 219 Å². The third kappa shape index (κ3) is 40.6. The van der Waals surface area contributed by atoms with Gasteiger partial charge in [-0.25, -0.2) is 0 Å². The third-order valence-corrected chi connectivity index (χ3v) is 11.5. The molecule has 0 N–H and O–H groups in total. The van der Waals surface area contributed by atoms with Gasteiger partial charge in [-0.1, -0.05) is 152 Å². The van der Waals surface area contributed by atoms with Crippen LogP contribution in [0.25, 0.3) is 0 Å². The van der Waals surface area contributed by atoms with Crippen molar-refractivity contribution in [3.05, 3.63) is 71.8 Å². The number of carbonyl (C=O) groups excluding carboxylic acids is 4. The van der Waals surface area contributed by atoms with Crippen molar-refractivity contribution in [2.24, 2.45) is 0 Å². The normalized spacial score (nSPS) is 12.7. The molecular formula is C54H86BaO10. The van der Waals surface area contributed by atoms with Crippen molar-refractivity contribution in [3.63, 3.8) is 0 Å². The van der Waals surface area contributed by atoms with Crippen LogP contribution in [-0.4, -0.2) is 97.2 Å². The number of esters is 2. The first kappa shape index (κ1) is 62.8. The maximum atomic E-state index is 11.4. The maximum absolute atomic E-state index is 11.4. The third-order valence-electron chi connectivity index (χ3n) is 11.5. The van der Waals surface area contributed by atoms with E-state index in [1.54, 1.807) is 0 Å². The van der Waals surface area contributed by atoms with Crippen molar-refractivity contribution in [1.82, 2.24) is 0 Å². The van der Waals surface area contributed by atoms with Gasteiger partial charge in [0.05, 0.1) is 25.4 Å². The number of hydrogen-bond donors (Lipinski definition) is 0. The predicted molar refractivity (Wildman–Crippen MR) is 258 cm³/mol. The van der Waals surface area contributed by atoms with Crippen LogP contribution in [0.2, 0.25) is 0 Å². The fourth-order valence-corrected chi connectivity index (χ4v) is 7.93. The molecule has 2 aromatic carbocycles. The quantitative estimate of drug-likeness (QED) is 0.0358. The molecule has 0 saturated heterocycles. The van der Waals surface area contributed by atoms with Crippen LogP contribution in [0.5, 0.6) is 0 Å². The van der Waals surface area contributed by atoms with E-state index in [4.69, 9.17) is 18.9 Å². The number of aliphatic carboxylic acids is 2. The van der Waals surface area contributed by atoms with Gasteiger partial charge in [0.2, 0.25) is 0 Å². The minimum atomic E-state index is -1.03. The van der Waals surface area contributed by atoms with Gasteiger partial charge in [-0.05, 0) is 114 Å².